The molecule has 0 aromatic heterocycles. The Balaban J connectivity index is 2.83. The first-order chi connectivity index (χ1) is 5.24. The molecule has 4 nitrogen and oxygen atoms in total. The number of amides is 1. The second kappa shape index (κ2) is 2.86. The van der Waals surface area contributed by atoms with E-state index >= 15 is 0 Å². The highest BCUT2D eigenvalue weighted by Gasteiger charge is 2.04. The van der Waals surface area contributed by atoms with E-state index in [0.717, 1.165) is 0 Å². The van der Waals surface area contributed by atoms with Crippen LogP contribution in [-0.4, -0.2) is 11.8 Å². The monoisotopic (exact) mass is 150 g/mol. The molecule has 0 spiro atoms. The first kappa shape index (κ1) is 7.31. The van der Waals surface area contributed by atoms with Crippen LogP contribution in [0.5, 0.6) is 0 Å². The second-order valence-electron chi connectivity index (χ2n) is 1.96. The van der Waals surface area contributed by atoms with Gasteiger partial charge in [-0.05, 0) is 12.2 Å². The van der Waals surface area contributed by atoms with Crippen molar-refractivity contribution in [1.29, 1.82) is 0 Å². The standard InChI is InChI=1S/C7H6N2O2/c8-7(11)5-1-2-6(4-10)9-3-5/h1-3,9H,(H2,8,11). The number of allylic oxidation sites excluding steroid dienone is 1. The summed E-state index contributed by atoms with van der Waals surface area (Å²) in [6, 6.07) is 0. The van der Waals surface area contributed by atoms with Crippen LogP contribution in [0.3, 0.4) is 0 Å². The van der Waals surface area contributed by atoms with Gasteiger partial charge in [0.05, 0.1) is 5.57 Å². The lowest BCUT2D eigenvalue weighted by Crippen LogP contribution is -2.18. The summed E-state index contributed by atoms with van der Waals surface area (Å²) in [7, 11) is 0. The summed E-state index contributed by atoms with van der Waals surface area (Å²) in [6.07, 6.45) is 4.26. The van der Waals surface area contributed by atoms with E-state index < -0.39 is 5.91 Å². The smallest absolute Gasteiger partial charge is 0.250 e. The molecular formula is C7H6N2O2. The zero-order chi connectivity index (χ0) is 8.27. The quantitative estimate of drug-likeness (QED) is 0.482. The Morgan fingerprint density at radius 2 is 2.27 bits per heavy atom. The fourth-order valence-electron chi connectivity index (χ4n) is 0.642. The molecular weight excluding hydrogens is 144 g/mol. The molecule has 1 aliphatic heterocycles. The minimum atomic E-state index is -0.529. The highest BCUT2D eigenvalue weighted by molar-refractivity contribution is 5.95. The van der Waals surface area contributed by atoms with E-state index in [-0.39, 0.29) is 5.70 Å². The molecule has 56 valence electrons. The lowest BCUT2D eigenvalue weighted by Gasteiger charge is -2.04. The third-order valence-corrected chi connectivity index (χ3v) is 1.21. The molecule has 0 saturated carbocycles. The molecule has 1 heterocycles. The zero-order valence-corrected chi connectivity index (χ0v) is 5.63. The first-order valence-electron chi connectivity index (χ1n) is 2.93. The Kier molecular flexibility index (Phi) is 1.90. The summed E-state index contributed by atoms with van der Waals surface area (Å²) >= 11 is 0. The summed E-state index contributed by atoms with van der Waals surface area (Å²) < 4.78 is 0. The lowest BCUT2D eigenvalue weighted by molar-refractivity contribution is -0.114. The van der Waals surface area contributed by atoms with E-state index in [9.17, 15) is 9.59 Å². The number of rotatable bonds is 1. The van der Waals surface area contributed by atoms with Crippen LogP contribution in [0.15, 0.2) is 29.6 Å². The maximum absolute atomic E-state index is 10.5. The molecule has 0 aromatic rings. The van der Waals surface area contributed by atoms with Gasteiger partial charge >= 0.3 is 0 Å². The van der Waals surface area contributed by atoms with Crippen LogP contribution in [-0.2, 0) is 9.59 Å². The molecule has 0 bridgehead atoms. The van der Waals surface area contributed by atoms with Gasteiger partial charge in [-0.1, -0.05) is 0 Å². The van der Waals surface area contributed by atoms with Crippen LogP contribution in [0.2, 0.25) is 0 Å². The van der Waals surface area contributed by atoms with Crippen molar-refractivity contribution in [3.63, 3.8) is 0 Å². The molecule has 4 heteroatoms. The Labute approximate surface area is 63.1 Å². The fraction of sp³-hybridized carbons (Fsp3) is 0. The molecule has 1 amide bonds. The van der Waals surface area contributed by atoms with E-state index in [1.165, 1.54) is 18.4 Å². The Bertz CT molecular complexity index is 296. The normalized spacial score (nSPS) is 14.9. The van der Waals surface area contributed by atoms with Gasteiger partial charge in [0, 0.05) is 6.20 Å². The van der Waals surface area contributed by atoms with Crippen molar-refractivity contribution in [2.45, 2.75) is 0 Å². The molecule has 0 fully saturated rings. The van der Waals surface area contributed by atoms with Crippen molar-refractivity contribution in [2.24, 2.45) is 5.73 Å². The predicted molar refractivity (Wildman–Crippen MR) is 38.8 cm³/mol. The van der Waals surface area contributed by atoms with Crippen LogP contribution in [0.4, 0.5) is 0 Å². The molecule has 0 aliphatic carbocycles. The third-order valence-electron chi connectivity index (χ3n) is 1.21. The van der Waals surface area contributed by atoms with Crippen molar-refractivity contribution in [2.75, 3.05) is 0 Å². The Hall–Kier alpha value is -1.80. The van der Waals surface area contributed by atoms with Gasteiger partial charge in [-0.15, -0.1) is 0 Å². The summed E-state index contributed by atoms with van der Waals surface area (Å²) in [5, 5.41) is 2.54. The Morgan fingerprint density at radius 3 is 2.64 bits per heavy atom. The summed E-state index contributed by atoms with van der Waals surface area (Å²) in [5.74, 6) is 1.11. The second-order valence-corrected chi connectivity index (χ2v) is 1.96. The molecule has 3 N–H and O–H groups in total. The van der Waals surface area contributed by atoms with E-state index in [1.807, 2.05) is 0 Å². The van der Waals surface area contributed by atoms with E-state index in [1.54, 1.807) is 5.94 Å². The highest BCUT2D eigenvalue weighted by atomic mass is 16.1. The van der Waals surface area contributed by atoms with Gasteiger partial charge in [0.1, 0.15) is 5.70 Å². The van der Waals surface area contributed by atoms with Gasteiger partial charge in [0.2, 0.25) is 5.91 Å². The number of hydrogen-bond donors (Lipinski definition) is 2. The fourth-order valence-corrected chi connectivity index (χ4v) is 0.642. The number of hydrogen-bond acceptors (Lipinski definition) is 3. The maximum Gasteiger partial charge on any atom is 0.250 e. The molecule has 11 heavy (non-hydrogen) atoms. The van der Waals surface area contributed by atoms with Gasteiger partial charge in [-0.25, -0.2) is 4.79 Å². The van der Waals surface area contributed by atoms with E-state index in [0.29, 0.717) is 5.57 Å². The number of nitrogens with two attached hydrogens (primary N) is 1. The number of carbonyl (C=O) groups is 1. The van der Waals surface area contributed by atoms with E-state index in [2.05, 4.69) is 5.32 Å². The lowest BCUT2D eigenvalue weighted by atomic mass is 10.2. The van der Waals surface area contributed by atoms with Gasteiger partial charge < -0.3 is 11.1 Å². The van der Waals surface area contributed by atoms with Gasteiger partial charge in [0.25, 0.3) is 0 Å². The molecule has 0 aromatic carbocycles. The summed E-state index contributed by atoms with van der Waals surface area (Å²) in [4.78, 5) is 20.5. The molecule has 0 unspecified atom stereocenters. The van der Waals surface area contributed by atoms with Crippen molar-refractivity contribution in [1.82, 2.24) is 5.32 Å². The molecule has 1 rings (SSSR count). The molecule has 0 radical (unpaired) electrons. The summed E-state index contributed by atoms with van der Waals surface area (Å²) in [6.45, 7) is 0. The summed E-state index contributed by atoms with van der Waals surface area (Å²) in [5.41, 5.74) is 5.57. The average Bonchev–Trinajstić information content (AvgIpc) is 2.05. The van der Waals surface area contributed by atoms with Crippen LogP contribution in [0, 0.1) is 0 Å². The number of primary amides is 1. The highest BCUT2D eigenvalue weighted by Crippen LogP contribution is 2.02. The average molecular weight is 150 g/mol. The molecule has 0 saturated heterocycles. The topological polar surface area (TPSA) is 72.2 Å². The van der Waals surface area contributed by atoms with Crippen molar-refractivity contribution >= 4 is 11.8 Å². The van der Waals surface area contributed by atoms with Gasteiger partial charge in [-0.3, -0.25) is 4.79 Å². The number of carbonyl (C=O) groups excluding carboxylic acids is 2. The van der Waals surface area contributed by atoms with Crippen LogP contribution in [0.25, 0.3) is 0 Å². The maximum atomic E-state index is 10.5. The third kappa shape index (κ3) is 1.56. The number of dihydropyridines is 1. The van der Waals surface area contributed by atoms with Gasteiger partial charge in [-0.2, -0.15) is 0 Å². The van der Waals surface area contributed by atoms with E-state index in [4.69, 9.17) is 5.73 Å². The molecule has 0 atom stereocenters. The minimum absolute atomic E-state index is 0.287. The SMILES string of the molecule is NC(=O)C1=CNC(=C=O)C=C1. The van der Waals surface area contributed by atoms with Crippen molar-refractivity contribution in [3.05, 3.63) is 29.6 Å². The minimum Gasteiger partial charge on any atom is -0.366 e. The van der Waals surface area contributed by atoms with Crippen LogP contribution >= 0.6 is 0 Å². The molecule has 1 aliphatic rings. The first-order valence-corrected chi connectivity index (χ1v) is 2.93. The van der Waals surface area contributed by atoms with Crippen molar-refractivity contribution < 1.29 is 9.59 Å². The Morgan fingerprint density at radius 1 is 1.55 bits per heavy atom. The number of nitrogens with one attached hydrogen (secondary N) is 1. The zero-order valence-electron chi connectivity index (χ0n) is 5.63. The largest absolute Gasteiger partial charge is 0.366 e. The van der Waals surface area contributed by atoms with Gasteiger partial charge in [0.15, 0.2) is 5.94 Å². The predicted octanol–water partition coefficient (Wildman–Crippen LogP) is -0.770. The van der Waals surface area contributed by atoms with Crippen LogP contribution in [0.1, 0.15) is 0 Å². The van der Waals surface area contributed by atoms with Crippen LogP contribution < -0.4 is 11.1 Å². The van der Waals surface area contributed by atoms with Crippen molar-refractivity contribution in [3.8, 4) is 0 Å².